The zero-order valence-corrected chi connectivity index (χ0v) is 11.3. The molecule has 1 atom stereocenters. The number of carbonyl (C=O) groups is 1. The van der Waals surface area contributed by atoms with Gasteiger partial charge in [0.15, 0.2) is 0 Å². The highest BCUT2D eigenvalue weighted by molar-refractivity contribution is 5.71. The van der Waals surface area contributed by atoms with Gasteiger partial charge in [0.05, 0.1) is 25.3 Å². The Morgan fingerprint density at radius 2 is 2.16 bits per heavy atom. The number of anilines is 1. The van der Waals surface area contributed by atoms with Gasteiger partial charge < -0.3 is 14.5 Å². The summed E-state index contributed by atoms with van der Waals surface area (Å²) in [5.41, 5.74) is 0.560. The van der Waals surface area contributed by atoms with Crippen LogP contribution in [0.25, 0.3) is 0 Å². The molecule has 0 radical (unpaired) electrons. The molecule has 4 nitrogen and oxygen atoms in total. The number of halogens is 1. The number of ether oxygens (including phenoxy) is 1. The van der Waals surface area contributed by atoms with Crippen LogP contribution in [0.3, 0.4) is 0 Å². The Balaban J connectivity index is 2.20. The number of hydrogen-bond donors (Lipinski definition) is 0. The van der Waals surface area contributed by atoms with Crippen molar-refractivity contribution in [2.45, 2.75) is 12.5 Å². The smallest absolute Gasteiger partial charge is 0.307 e. The minimum Gasteiger partial charge on any atom is -0.469 e. The average Bonchev–Trinajstić information content (AvgIpc) is 2.40. The van der Waals surface area contributed by atoms with Crippen molar-refractivity contribution in [3.63, 3.8) is 0 Å². The van der Waals surface area contributed by atoms with E-state index in [1.54, 1.807) is 12.1 Å². The topological polar surface area (TPSA) is 32.8 Å². The maximum absolute atomic E-state index is 13.9. The highest BCUT2D eigenvalue weighted by Crippen LogP contribution is 2.24. The van der Waals surface area contributed by atoms with Gasteiger partial charge in [-0.1, -0.05) is 12.1 Å². The molecule has 1 unspecified atom stereocenters. The average molecular weight is 266 g/mol. The van der Waals surface area contributed by atoms with E-state index >= 15 is 0 Å². The molecule has 0 amide bonds. The molecule has 0 N–H and O–H groups in total. The summed E-state index contributed by atoms with van der Waals surface area (Å²) >= 11 is 0. The number of piperazine rings is 1. The molecule has 1 aromatic carbocycles. The number of nitrogens with zero attached hydrogens (tertiary/aromatic N) is 2. The number of para-hydroxylation sites is 1. The van der Waals surface area contributed by atoms with E-state index in [2.05, 4.69) is 4.90 Å². The van der Waals surface area contributed by atoms with Crippen LogP contribution in [0.5, 0.6) is 0 Å². The van der Waals surface area contributed by atoms with Gasteiger partial charge in [-0.05, 0) is 19.2 Å². The van der Waals surface area contributed by atoms with Crippen molar-refractivity contribution in [1.29, 1.82) is 0 Å². The molecule has 0 spiro atoms. The molecule has 2 rings (SSSR count). The molecule has 1 fully saturated rings. The lowest BCUT2D eigenvalue weighted by Crippen LogP contribution is -2.53. The number of rotatable bonds is 3. The Morgan fingerprint density at radius 1 is 1.42 bits per heavy atom. The fourth-order valence-corrected chi connectivity index (χ4v) is 2.46. The van der Waals surface area contributed by atoms with Crippen LogP contribution in [0.1, 0.15) is 6.42 Å². The number of benzene rings is 1. The van der Waals surface area contributed by atoms with E-state index < -0.39 is 0 Å². The number of methoxy groups -OCH3 is 1. The molecule has 1 saturated heterocycles. The maximum atomic E-state index is 13.9. The van der Waals surface area contributed by atoms with Crippen molar-refractivity contribution in [3.05, 3.63) is 30.1 Å². The SMILES string of the molecule is COC(=O)CC1CN(C)CCN1c1ccccc1F. The van der Waals surface area contributed by atoms with Crippen molar-refractivity contribution >= 4 is 11.7 Å². The molecule has 1 aliphatic rings. The van der Waals surface area contributed by atoms with E-state index in [0.717, 1.165) is 13.1 Å². The van der Waals surface area contributed by atoms with E-state index in [1.165, 1.54) is 13.2 Å². The van der Waals surface area contributed by atoms with Crippen LogP contribution in [0.4, 0.5) is 10.1 Å². The van der Waals surface area contributed by atoms with Crippen LogP contribution in [0.15, 0.2) is 24.3 Å². The second-order valence-corrected chi connectivity index (χ2v) is 4.84. The highest BCUT2D eigenvalue weighted by atomic mass is 19.1. The minimum absolute atomic E-state index is 0.0527. The summed E-state index contributed by atoms with van der Waals surface area (Å²) in [5, 5.41) is 0. The first-order valence-corrected chi connectivity index (χ1v) is 6.38. The molecule has 5 heteroatoms. The molecule has 0 aliphatic carbocycles. The summed E-state index contributed by atoms with van der Waals surface area (Å²) in [6.45, 7) is 2.29. The molecule has 1 aliphatic heterocycles. The first-order chi connectivity index (χ1) is 9.11. The number of carbonyl (C=O) groups excluding carboxylic acids is 1. The lowest BCUT2D eigenvalue weighted by Gasteiger charge is -2.41. The molecular weight excluding hydrogens is 247 g/mol. The van der Waals surface area contributed by atoms with Crippen LogP contribution in [0, 0.1) is 5.82 Å². The molecule has 104 valence electrons. The fraction of sp³-hybridized carbons (Fsp3) is 0.500. The van der Waals surface area contributed by atoms with E-state index in [9.17, 15) is 9.18 Å². The van der Waals surface area contributed by atoms with Gasteiger partial charge in [-0.2, -0.15) is 0 Å². The van der Waals surface area contributed by atoms with Crippen molar-refractivity contribution in [3.8, 4) is 0 Å². The van der Waals surface area contributed by atoms with Gasteiger partial charge in [-0.15, -0.1) is 0 Å². The van der Waals surface area contributed by atoms with Crippen molar-refractivity contribution in [1.82, 2.24) is 4.90 Å². The predicted molar refractivity (Wildman–Crippen MR) is 71.7 cm³/mol. The largest absolute Gasteiger partial charge is 0.469 e. The van der Waals surface area contributed by atoms with E-state index in [0.29, 0.717) is 12.2 Å². The van der Waals surface area contributed by atoms with Gasteiger partial charge in [-0.25, -0.2) is 4.39 Å². The minimum atomic E-state index is -0.262. The molecule has 0 aromatic heterocycles. The zero-order valence-electron chi connectivity index (χ0n) is 11.3. The lowest BCUT2D eigenvalue weighted by atomic mass is 10.1. The molecular formula is C14H19FN2O2. The van der Waals surface area contributed by atoms with Gasteiger partial charge in [-0.3, -0.25) is 4.79 Å². The predicted octanol–water partition coefficient (Wildman–Crippen LogP) is 1.51. The van der Waals surface area contributed by atoms with E-state index in [1.807, 2.05) is 18.0 Å². The lowest BCUT2D eigenvalue weighted by molar-refractivity contribution is -0.141. The first-order valence-electron chi connectivity index (χ1n) is 6.38. The van der Waals surface area contributed by atoms with E-state index in [4.69, 9.17) is 4.74 Å². The molecule has 1 heterocycles. The monoisotopic (exact) mass is 266 g/mol. The van der Waals surface area contributed by atoms with Crippen LogP contribution in [0.2, 0.25) is 0 Å². The van der Waals surface area contributed by atoms with Gasteiger partial charge in [0.2, 0.25) is 0 Å². The van der Waals surface area contributed by atoms with Crippen molar-refractivity contribution in [2.24, 2.45) is 0 Å². The number of likely N-dealkylation sites (N-methyl/N-ethyl adjacent to an activating group) is 1. The Hall–Kier alpha value is -1.62. The van der Waals surface area contributed by atoms with Crippen LogP contribution in [-0.4, -0.2) is 50.7 Å². The van der Waals surface area contributed by atoms with E-state index in [-0.39, 0.29) is 24.2 Å². The number of esters is 1. The summed E-state index contributed by atoms with van der Waals surface area (Å²) < 4.78 is 18.6. The van der Waals surface area contributed by atoms with Gasteiger partial charge in [0.25, 0.3) is 0 Å². The van der Waals surface area contributed by atoms with Crippen LogP contribution in [-0.2, 0) is 9.53 Å². The third kappa shape index (κ3) is 3.23. The quantitative estimate of drug-likeness (QED) is 0.776. The van der Waals surface area contributed by atoms with Crippen molar-refractivity contribution in [2.75, 3.05) is 38.7 Å². The summed E-state index contributed by atoms with van der Waals surface area (Å²) in [4.78, 5) is 15.6. The summed E-state index contributed by atoms with van der Waals surface area (Å²) in [5.74, 6) is -0.511. The first kappa shape index (κ1) is 13.8. The maximum Gasteiger partial charge on any atom is 0.307 e. The zero-order chi connectivity index (χ0) is 13.8. The van der Waals surface area contributed by atoms with Crippen LogP contribution < -0.4 is 4.90 Å². The normalized spacial score (nSPS) is 20.4. The van der Waals surface area contributed by atoms with Crippen molar-refractivity contribution < 1.29 is 13.9 Å². The fourth-order valence-electron chi connectivity index (χ4n) is 2.46. The Bertz CT molecular complexity index is 453. The number of hydrogen-bond acceptors (Lipinski definition) is 4. The summed E-state index contributed by atoms with van der Waals surface area (Å²) in [6.07, 6.45) is 0.273. The Kier molecular flexibility index (Phi) is 4.37. The second-order valence-electron chi connectivity index (χ2n) is 4.84. The Labute approximate surface area is 112 Å². The van der Waals surface area contributed by atoms with Crippen LogP contribution >= 0.6 is 0 Å². The third-order valence-electron chi connectivity index (χ3n) is 3.48. The molecule has 0 bridgehead atoms. The molecule has 19 heavy (non-hydrogen) atoms. The second kappa shape index (κ2) is 6.02. The Morgan fingerprint density at radius 3 is 2.84 bits per heavy atom. The molecule has 1 aromatic rings. The van der Waals surface area contributed by atoms with Gasteiger partial charge >= 0.3 is 5.97 Å². The summed E-state index contributed by atoms with van der Waals surface area (Å²) in [7, 11) is 3.38. The molecule has 0 saturated carbocycles. The third-order valence-corrected chi connectivity index (χ3v) is 3.48. The van der Waals surface area contributed by atoms with Gasteiger partial charge in [0, 0.05) is 19.6 Å². The standard InChI is InChI=1S/C14H19FN2O2/c1-16-7-8-17(11(10-16)9-14(18)19-2)13-6-4-3-5-12(13)15/h3-6,11H,7-10H2,1-2H3. The highest BCUT2D eigenvalue weighted by Gasteiger charge is 2.29. The summed E-state index contributed by atoms with van der Waals surface area (Å²) in [6, 6.07) is 6.63. The van der Waals surface area contributed by atoms with Gasteiger partial charge in [0.1, 0.15) is 5.82 Å².